The minimum Gasteiger partial charge on any atom is -0.497 e. The van der Waals surface area contributed by atoms with Crippen molar-refractivity contribution in [1.82, 2.24) is 24.4 Å². The maximum Gasteiger partial charge on any atom is 0.254 e. The first-order valence-corrected chi connectivity index (χ1v) is 11.6. The van der Waals surface area contributed by atoms with E-state index in [1.54, 1.807) is 11.6 Å². The first-order valence-electron chi connectivity index (χ1n) is 11.6. The van der Waals surface area contributed by atoms with Crippen LogP contribution in [-0.2, 0) is 17.6 Å². The third-order valence-corrected chi connectivity index (χ3v) is 6.66. The zero-order valence-corrected chi connectivity index (χ0v) is 20.1. The zero-order chi connectivity index (χ0) is 24.2. The Morgan fingerprint density at radius 3 is 2.41 bits per heavy atom. The fraction of sp³-hybridized carbons (Fsp3) is 0.440. The summed E-state index contributed by atoms with van der Waals surface area (Å²) in [7, 11) is 1.67. The van der Waals surface area contributed by atoms with Gasteiger partial charge >= 0.3 is 0 Å². The van der Waals surface area contributed by atoms with Crippen molar-refractivity contribution in [2.24, 2.45) is 5.73 Å². The van der Waals surface area contributed by atoms with E-state index in [0.29, 0.717) is 24.1 Å². The molecule has 3 aromatic rings. The molecule has 0 atom stereocenters. The van der Waals surface area contributed by atoms with Crippen LogP contribution in [0.5, 0.6) is 5.75 Å². The minimum absolute atomic E-state index is 0.159. The van der Waals surface area contributed by atoms with Crippen molar-refractivity contribution in [2.45, 2.75) is 33.1 Å². The highest BCUT2D eigenvalue weighted by Gasteiger charge is 2.22. The highest BCUT2D eigenvalue weighted by Crippen LogP contribution is 2.19. The number of nitrogens with zero attached hydrogens (tertiary/aromatic N) is 5. The van der Waals surface area contributed by atoms with Gasteiger partial charge < -0.3 is 15.4 Å². The number of methoxy groups -OCH3 is 1. The van der Waals surface area contributed by atoms with Gasteiger partial charge in [-0.15, -0.1) is 0 Å². The molecular formula is C25H32N6O3. The van der Waals surface area contributed by atoms with E-state index in [0.717, 1.165) is 61.8 Å². The predicted molar refractivity (Wildman–Crippen MR) is 129 cm³/mol. The molecule has 3 heterocycles. The van der Waals surface area contributed by atoms with Gasteiger partial charge in [0.05, 0.1) is 13.3 Å². The molecule has 1 aromatic carbocycles. The summed E-state index contributed by atoms with van der Waals surface area (Å²) in [5.41, 5.74) is 10.1. The maximum absolute atomic E-state index is 12.9. The Balaban J connectivity index is 1.29. The monoisotopic (exact) mass is 464 g/mol. The van der Waals surface area contributed by atoms with E-state index >= 15 is 0 Å². The van der Waals surface area contributed by atoms with Crippen LogP contribution in [0.25, 0.3) is 5.65 Å². The number of amides is 2. The zero-order valence-electron chi connectivity index (χ0n) is 20.1. The maximum atomic E-state index is 12.9. The fourth-order valence-electron chi connectivity index (χ4n) is 4.54. The number of piperazine rings is 1. The molecule has 0 unspecified atom stereocenters. The van der Waals surface area contributed by atoms with Crippen LogP contribution >= 0.6 is 0 Å². The van der Waals surface area contributed by atoms with Gasteiger partial charge in [-0.25, -0.2) is 9.50 Å². The Kier molecular flexibility index (Phi) is 7.12. The topological polar surface area (TPSA) is 106 Å². The van der Waals surface area contributed by atoms with Gasteiger partial charge in [0.25, 0.3) is 5.91 Å². The number of carbonyl (C=O) groups excluding carboxylic acids is 2. The van der Waals surface area contributed by atoms with Crippen molar-refractivity contribution < 1.29 is 14.3 Å². The highest BCUT2D eigenvalue weighted by molar-refractivity contribution is 5.98. The molecule has 0 saturated carbocycles. The lowest BCUT2D eigenvalue weighted by Crippen LogP contribution is -2.49. The lowest BCUT2D eigenvalue weighted by Gasteiger charge is -2.35. The summed E-state index contributed by atoms with van der Waals surface area (Å²) >= 11 is 0. The SMILES string of the molecule is COc1ccc(CCN2CCN(C(=O)CCc3c(C)nc4c(C(N)=O)cnn4c3C)CC2)cc1. The van der Waals surface area contributed by atoms with Crippen molar-refractivity contribution >= 4 is 17.5 Å². The summed E-state index contributed by atoms with van der Waals surface area (Å²) in [5.74, 6) is 0.483. The second-order valence-corrected chi connectivity index (χ2v) is 8.74. The first-order chi connectivity index (χ1) is 16.4. The number of ether oxygens (including phenoxy) is 1. The Bertz CT molecular complexity index is 1180. The number of aromatic nitrogens is 3. The van der Waals surface area contributed by atoms with E-state index in [1.807, 2.05) is 30.9 Å². The normalized spacial score (nSPS) is 14.5. The van der Waals surface area contributed by atoms with Crippen LogP contribution in [0.15, 0.2) is 30.5 Å². The molecule has 34 heavy (non-hydrogen) atoms. The van der Waals surface area contributed by atoms with Crippen molar-refractivity contribution in [1.29, 1.82) is 0 Å². The predicted octanol–water partition coefficient (Wildman–Crippen LogP) is 1.77. The molecular weight excluding hydrogens is 432 g/mol. The highest BCUT2D eigenvalue weighted by atomic mass is 16.5. The van der Waals surface area contributed by atoms with Crippen molar-refractivity contribution in [3.63, 3.8) is 0 Å². The molecule has 0 radical (unpaired) electrons. The summed E-state index contributed by atoms with van der Waals surface area (Å²) in [6, 6.07) is 8.19. The first kappa shape index (κ1) is 23.7. The molecule has 0 bridgehead atoms. The molecule has 1 aliphatic heterocycles. The molecule has 0 aliphatic carbocycles. The molecule has 9 nitrogen and oxygen atoms in total. The van der Waals surface area contributed by atoms with Gasteiger partial charge in [0.15, 0.2) is 5.65 Å². The number of nitrogens with two attached hydrogens (primary N) is 1. The molecule has 2 aromatic heterocycles. The Labute approximate surface area is 199 Å². The number of rotatable bonds is 8. The number of aryl methyl sites for hydroxylation is 2. The van der Waals surface area contributed by atoms with Crippen LogP contribution in [0, 0.1) is 13.8 Å². The van der Waals surface area contributed by atoms with Crippen molar-refractivity contribution in [3.05, 3.63) is 58.5 Å². The number of benzene rings is 1. The molecule has 1 saturated heterocycles. The molecule has 4 rings (SSSR count). The van der Waals surface area contributed by atoms with E-state index < -0.39 is 5.91 Å². The molecule has 2 N–H and O–H groups in total. The molecule has 1 aliphatic rings. The molecule has 180 valence electrons. The van der Waals surface area contributed by atoms with E-state index in [4.69, 9.17) is 10.5 Å². The standard InChI is InChI=1S/C25H32N6O3/c1-17-21(18(2)31-25(28-17)22(16-27-31)24(26)33)8-9-23(32)30-14-12-29(13-15-30)11-10-19-4-6-20(34-3)7-5-19/h4-7,16H,8-15H2,1-3H3,(H2,26,33). The summed E-state index contributed by atoms with van der Waals surface area (Å²) in [4.78, 5) is 33.4. The van der Waals surface area contributed by atoms with Crippen LogP contribution in [0.3, 0.4) is 0 Å². The van der Waals surface area contributed by atoms with E-state index in [9.17, 15) is 9.59 Å². The Hall–Kier alpha value is -3.46. The van der Waals surface area contributed by atoms with E-state index in [2.05, 4.69) is 27.1 Å². The number of fused-ring (bicyclic) bond motifs is 1. The second kappa shape index (κ2) is 10.2. The van der Waals surface area contributed by atoms with Gasteiger partial charge in [0.2, 0.25) is 5.91 Å². The third-order valence-electron chi connectivity index (χ3n) is 6.66. The van der Waals surface area contributed by atoms with E-state index in [-0.39, 0.29) is 5.91 Å². The molecule has 9 heteroatoms. The van der Waals surface area contributed by atoms with Crippen LogP contribution in [0.4, 0.5) is 0 Å². The largest absolute Gasteiger partial charge is 0.497 e. The van der Waals surface area contributed by atoms with Gasteiger partial charge in [-0.1, -0.05) is 12.1 Å². The van der Waals surface area contributed by atoms with Gasteiger partial charge in [-0.05, 0) is 49.9 Å². The van der Waals surface area contributed by atoms with Crippen LogP contribution in [0.1, 0.15) is 39.3 Å². The molecule has 2 amide bonds. The minimum atomic E-state index is -0.549. The van der Waals surface area contributed by atoms with Crippen LogP contribution < -0.4 is 10.5 Å². The summed E-state index contributed by atoms with van der Waals surface area (Å²) in [5, 5.41) is 4.26. The lowest BCUT2D eigenvalue weighted by molar-refractivity contribution is -0.132. The van der Waals surface area contributed by atoms with E-state index in [1.165, 1.54) is 11.8 Å². The van der Waals surface area contributed by atoms with Gasteiger partial charge in [0.1, 0.15) is 11.3 Å². The number of hydrogen-bond donors (Lipinski definition) is 1. The smallest absolute Gasteiger partial charge is 0.254 e. The van der Waals surface area contributed by atoms with Crippen molar-refractivity contribution in [2.75, 3.05) is 39.8 Å². The number of carbonyl (C=O) groups is 2. The number of primary amides is 1. The van der Waals surface area contributed by atoms with Crippen LogP contribution in [-0.4, -0.2) is 76.0 Å². The van der Waals surface area contributed by atoms with Gasteiger partial charge in [-0.2, -0.15) is 5.10 Å². The van der Waals surface area contributed by atoms with Crippen molar-refractivity contribution in [3.8, 4) is 5.75 Å². The average Bonchev–Trinajstić information content (AvgIpc) is 3.27. The lowest BCUT2D eigenvalue weighted by atomic mass is 10.1. The summed E-state index contributed by atoms with van der Waals surface area (Å²) < 4.78 is 6.85. The third kappa shape index (κ3) is 5.04. The number of hydrogen-bond acceptors (Lipinski definition) is 6. The molecule has 0 spiro atoms. The summed E-state index contributed by atoms with van der Waals surface area (Å²) in [6.07, 6.45) is 3.44. The second-order valence-electron chi connectivity index (χ2n) is 8.74. The Morgan fingerprint density at radius 2 is 1.76 bits per heavy atom. The average molecular weight is 465 g/mol. The van der Waals surface area contributed by atoms with Gasteiger partial charge in [-0.3, -0.25) is 14.5 Å². The summed E-state index contributed by atoms with van der Waals surface area (Å²) in [6.45, 7) is 8.07. The quantitative estimate of drug-likeness (QED) is 0.545. The van der Waals surface area contributed by atoms with Crippen LogP contribution in [0.2, 0.25) is 0 Å². The Morgan fingerprint density at radius 1 is 1.06 bits per heavy atom. The fourth-order valence-corrected chi connectivity index (χ4v) is 4.54. The molecule has 1 fully saturated rings. The van der Waals surface area contributed by atoms with Gasteiger partial charge in [0, 0.05) is 50.5 Å².